The Hall–Kier alpha value is -2.67. The Kier molecular flexibility index (Phi) is 5.68. The zero-order valence-electron chi connectivity index (χ0n) is 14.5. The van der Waals surface area contributed by atoms with E-state index < -0.39 is 6.10 Å². The van der Waals surface area contributed by atoms with Gasteiger partial charge in [-0.25, -0.2) is 9.67 Å². The SMILES string of the molecule is CC(Oc1ccc(Br)cc1)C(=O)NC(C)c1ccc(-n2cncn2)cc1. The van der Waals surface area contributed by atoms with Crippen molar-refractivity contribution in [2.75, 3.05) is 0 Å². The molecule has 0 saturated heterocycles. The van der Waals surface area contributed by atoms with Gasteiger partial charge >= 0.3 is 0 Å². The molecule has 0 fully saturated rings. The monoisotopic (exact) mass is 414 g/mol. The Morgan fingerprint density at radius 1 is 1.12 bits per heavy atom. The second-order valence-corrected chi connectivity index (χ2v) is 6.79. The van der Waals surface area contributed by atoms with Crippen LogP contribution >= 0.6 is 15.9 Å². The number of benzene rings is 2. The molecule has 1 N–H and O–H groups in total. The summed E-state index contributed by atoms with van der Waals surface area (Å²) in [4.78, 5) is 16.3. The molecule has 0 spiro atoms. The number of amides is 1. The molecular formula is C19H19BrN4O2. The van der Waals surface area contributed by atoms with Crippen LogP contribution in [0.25, 0.3) is 5.69 Å². The van der Waals surface area contributed by atoms with Gasteiger partial charge in [0.1, 0.15) is 18.4 Å². The van der Waals surface area contributed by atoms with Gasteiger partial charge in [0.15, 0.2) is 6.10 Å². The number of aromatic nitrogens is 3. The van der Waals surface area contributed by atoms with E-state index in [0.717, 1.165) is 15.7 Å². The molecular weight excluding hydrogens is 396 g/mol. The van der Waals surface area contributed by atoms with Crippen molar-refractivity contribution in [3.8, 4) is 11.4 Å². The standard InChI is InChI=1S/C19H19BrN4O2/c1-13(15-3-7-17(8-4-15)24-12-21-11-22-24)23-19(25)14(2)26-18-9-5-16(20)6-10-18/h3-14H,1-2H3,(H,23,25). The van der Waals surface area contributed by atoms with E-state index in [1.54, 1.807) is 17.9 Å². The van der Waals surface area contributed by atoms with Crippen LogP contribution in [-0.2, 0) is 4.79 Å². The van der Waals surface area contributed by atoms with Gasteiger partial charge in [-0.05, 0) is 55.8 Å². The van der Waals surface area contributed by atoms with Crippen LogP contribution in [0, 0.1) is 0 Å². The maximum atomic E-state index is 12.4. The number of rotatable bonds is 6. The van der Waals surface area contributed by atoms with Crippen molar-refractivity contribution in [2.45, 2.75) is 26.0 Å². The first-order chi connectivity index (χ1) is 12.5. The van der Waals surface area contributed by atoms with E-state index in [1.807, 2.05) is 55.5 Å². The third-order valence-electron chi connectivity index (χ3n) is 3.93. The molecule has 0 bridgehead atoms. The van der Waals surface area contributed by atoms with Crippen LogP contribution < -0.4 is 10.1 Å². The highest BCUT2D eigenvalue weighted by Crippen LogP contribution is 2.18. The smallest absolute Gasteiger partial charge is 0.261 e. The molecule has 0 aliphatic rings. The first-order valence-corrected chi connectivity index (χ1v) is 9.00. The normalized spacial score (nSPS) is 13.0. The highest BCUT2D eigenvalue weighted by atomic mass is 79.9. The molecule has 0 saturated carbocycles. The highest BCUT2D eigenvalue weighted by molar-refractivity contribution is 9.10. The van der Waals surface area contributed by atoms with E-state index in [1.165, 1.54) is 6.33 Å². The number of hydrogen-bond donors (Lipinski definition) is 1. The number of ether oxygens (including phenoxy) is 1. The van der Waals surface area contributed by atoms with Gasteiger partial charge in [0.2, 0.25) is 0 Å². The van der Waals surface area contributed by atoms with Crippen LogP contribution in [0.5, 0.6) is 5.75 Å². The van der Waals surface area contributed by atoms with Gasteiger partial charge in [0.25, 0.3) is 5.91 Å². The summed E-state index contributed by atoms with van der Waals surface area (Å²) in [6.45, 7) is 3.67. The largest absolute Gasteiger partial charge is 0.481 e. The molecule has 134 valence electrons. The third-order valence-corrected chi connectivity index (χ3v) is 4.46. The molecule has 3 aromatic rings. The van der Waals surface area contributed by atoms with Crippen LogP contribution in [0.1, 0.15) is 25.5 Å². The van der Waals surface area contributed by atoms with Crippen LogP contribution in [0.4, 0.5) is 0 Å². The molecule has 0 aliphatic carbocycles. The summed E-state index contributed by atoms with van der Waals surface area (Å²) in [5.41, 5.74) is 1.91. The van der Waals surface area contributed by atoms with E-state index in [2.05, 4.69) is 31.3 Å². The fourth-order valence-corrected chi connectivity index (χ4v) is 2.71. The molecule has 6 nitrogen and oxygen atoms in total. The van der Waals surface area contributed by atoms with E-state index in [0.29, 0.717) is 5.75 Å². The fourth-order valence-electron chi connectivity index (χ4n) is 2.44. The second-order valence-electron chi connectivity index (χ2n) is 5.88. The van der Waals surface area contributed by atoms with Crippen molar-refractivity contribution in [3.63, 3.8) is 0 Å². The second kappa shape index (κ2) is 8.14. The number of nitrogens with zero attached hydrogens (tertiary/aromatic N) is 3. The Morgan fingerprint density at radius 2 is 1.81 bits per heavy atom. The summed E-state index contributed by atoms with van der Waals surface area (Å²) in [7, 11) is 0. The lowest BCUT2D eigenvalue weighted by atomic mass is 10.1. The number of carbonyl (C=O) groups excluding carboxylic acids is 1. The molecule has 7 heteroatoms. The molecule has 2 aromatic carbocycles. The lowest BCUT2D eigenvalue weighted by molar-refractivity contribution is -0.127. The third kappa shape index (κ3) is 4.49. The Balaban J connectivity index is 1.58. The topological polar surface area (TPSA) is 69.0 Å². The van der Waals surface area contributed by atoms with Gasteiger partial charge < -0.3 is 10.1 Å². The van der Waals surface area contributed by atoms with Gasteiger partial charge in [0, 0.05) is 4.47 Å². The highest BCUT2D eigenvalue weighted by Gasteiger charge is 2.17. The number of carbonyl (C=O) groups is 1. The minimum Gasteiger partial charge on any atom is -0.481 e. The number of nitrogens with one attached hydrogen (secondary N) is 1. The van der Waals surface area contributed by atoms with Crippen LogP contribution in [-0.4, -0.2) is 26.8 Å². The molecule has 0 radical (unpaired) electrons. The first kappa shape index (κ1) is 18.1. The quantitative estimate of drug-likeness (QED) is 0.667. The van der Waals surface area contributed by atoms with Crippen molar-refractivity contribution in [2.24, 2.45) is 0 Å². The predicted molar refractivity (Wildman–Crippen MR) is 102 cm³/mol. The molecule has 1 heterocycles. The van der Waals surface area contributed by atoms with Gasteiger partial charge in [0.05, 0.1) is 11.7 Å². The summed E-state index contributed by atoms with van der Waals surface area (Å²) in [6.07, 6.45) is 2.54. The minimum absolute atomic E-state index is 0.136. The van der Waals surface area contributed by atoms with Crippen LogP contribution in [0.3, 0.4) is 0 Å². The molecule has 1 amide bonds. The summed E-state index contributed by atoms with van der Waals surface area (Å²) in [6, 6.07) is 15.1. The van der Waals surface area contributed by atoms with Crippen molar-refractivity contribution in [1.29, 1.82) is 0 Å². The van der Waals surface area contributed by atoms with Crippen molar-refractivity contribution in [3.05, 3.63) is 71.2 Å². The van der Waals surface area contributed by atoms with Crippen molar-refractivity contribution >= 4 is 21.8 Å². The Labute approximate surface area is 160 Å². The number of hydrogen-bond acceptors (Lipinski definition) is 4. The molecule has 2 unspecified atom stereocenters. The molecule has 3 rings (SSSR count). The van der Waals surface area contributed by atoms with E-state index in [4.69, 9.17) is 4.74 Å². The molecule has 2 atom stereocenters. The Morgan fingerprint density at radius 3 is 2.42 bits per heavy atom. The molecule has 0 aliphatic heterocycles. The first-order valence-electron chi connectivity index (χ1n) is 8.20. The minimum atomic E-state index is -0.590. The molecule has 26 heavy (non-hydrogen) atoms. The predicted octanol–water partition coefficient (Wildman–Crippen LogP) is 3.67. The van der Waals surface area contributed by atoms with Crippen molar-refractivity contribution < 1.29 is 9.53 Å². The van der Waals surface area contributed by atoms with Gasteiger partial charge in [-0.15, -0.1) is 0 Å². The zero-order valence-corrected chi connectivity index (χ0v) is 16.1. The summed E-state index contributed by atoms with van der Waals surface area (Å²) in [5, 5.41) is 7.07. The van der Waals surface area contributed by atoms with E-state index in [-0.39, 0.29) is 11.9 Å². The summed E-state index contributed by atoms with van der Waals surface area (Å²) < 4.78 is 8.33. The van der Waals surface area contributed by atoms with Crippen molar-refractivity contribution in [1.82, 2.24) is 20.1 Å². The average Bonchev–Trinajstić information content (AvgIpc) is 3.18. The maximum absolute atomic E-state index is 12.4. The summed E-state index contributed by atoms with van der Waals surface area (Å²) in [5.74, 6) is 0.487. The number of halogens is 1. The van der Waals surface area contributed by atoms with Gasteiger partial charge in [-0.1, -0.05) is 28.1 Å². The summed E-state index contributed by atoms with van der Waals surface area (Å²) >= 11 is 3.37. The van der Waals surface area contributed by atoms with Gasteiger partial charge in [-0.3, -0.25) is 4.79 Å². The lowest BCUT2D eigenvalue weighted by Crippen LogP contribution is -2.37. The zero-order chi connectivity index (χ0) is 18.5. The lowest BCUT2D eigenvalue weighted by Gasteiger charge is -2.19. The van der Waals surface area contributed by atoms with E-state index >= 15 is 0 Å². The van der Waals surface area contributed by atoms with Crippen LogP contribution in [0.15, 0.2) is 65.7 Å². The fraction of sp³-hybridized carbons (Fsp3) is 0.211. The Bertz CT molecular complexity index is 848. The van der Waals surface area contributed by atoms with E-state index in [9.17, 15) is 4.79 Å². The van der Waals surface area contributed by atoms with Gasteiger partial charge in [-0.2, -0.15) is 5.10 Å². The maximum Gasteiger partial charge on any atom is 0.261 e. The average molecular weight is 415 g/mol. The van der Waals surface area contributed by atoms with Crippen LogP contribution in [0.2, 0.25) is 0 Å². The molecule has 1 aromatic heterocycles.